The molecular weight excluding hydrogens is 508 g/mol. The molecule has 2 amide bonds. The molecule has 0 unspecified atom stereocenters. The lowest BCUT2D eigenvalue weighted by molar-refractivity contribution is -0.203. The third kappa shape index (κ3) is 4.37. The van der Waals surface area contributed by atoms with Gasteiger partial charge in [0.2, 0.25) is 0 Å². The van der Waals surface area contributed by atoms with Gasteiger partial charge in [0, 0.05) is 0 Å². The van der Waals surface area contributed by atoms with E-state index in [1.54, 1.807) is 4.72 Å². The van der Waals surface area contributed by atoms with E-state index in [1.807, 2.05) is 0 Å². The number of carbonyl (C=O) groups excluding carboxylic acids is 2. The summed E-state index contributed by atoms with van der Waals surface area (Å²) in [7, 11) is -4.15. The van der Waals surface area contributed by atoms with Gasteiger partial charge in [-0.3, -0.25) is 4.79 Å². The number of aliphatic hydroxyl groups is 2. The van der Waals surface area contributed by atoms with Gasteiger partial charge in [-0.15, -0.1) is 0 Å². The van der Waals surface area contributed by atoms with Crippen molar-refractivity contribution in [3.05, 3.63) is 0 Å². The minimum absolute atomic E-state index is 0.103. The number of nitrogens with one attached hydrogen (secondary N) is 1. The highest BCUT2D eigenvalue weighted by Crippen LogP contribution is 2.69. The molecule has 5 aliphatic rings. The van der Waals surface area contributed by atoms with E-state index in [0.29, 0.717) is 34.4 Å². The molecule has 1 aliphatic heterocycles. The maximum Gasteiger partial charge on any atom is 0.425 e. The normalized spacial score (nSPS) is 46.5. The Labute approximate surface area is 227 Å². The molecule has 0 aromatic heterocycles. The van der Waals surface area contributed by atoms with Gasteiger partial charge in [-0.05, 0) is 104 Å². The van der Waals surface area contributed by atoms with Gasteiger partial charge in [0.1, 0.15) is 6.54 Å². The highest BCUT2D eigenvalue weighted by molar-refractivity contribution is 7.88. The van der Waals surface area contributed by atoms with E-state index < -0.39 is 28.8 Å². The van der Waals surface area contributed by atoms with E-state index in [1.165, 1.54) is 0 Å². The summed E-state index contributed by atoms with van der Waals surface area (Å²) in [5, 5.41) is 22.3. The molecule has 0 aromatic carbocycles. The monoisotopic (exact) mass is 554 g/mol. The first kappa shape index (κ1) is 28.1. The molecule has 4 aliphatic carbocycles. The van der Waals surface area contributed by atoms with E-state index in [4.69, 9.17) is 4.74 Å². The molecule has 38 heavy (non-hydrogen) atoms. The zero-order valence-electron chi connectivity index (χ0n) is 23.3. The van der Waals surface area contributed by atoms with Gasteiger partial charge in [-0.1, -0.05) is 34.1 Å². The maximum atomic E-state index is 12.3. The number of ether oxygens (including phenoxy) is 1. The first-order valence-electron chi connectivity index (χ1n) is 14.7. The number of amides is 2. The zero-order chi connectivity index (χ0) is 27.6. The quantitative estimate of drug-likeness (QED) is 0.474. The molecule has 11 atom stereocenters. The number of fused-ring (bicyclic) bond motifs is 5. The molecule has 216 valence electrons. The Morgan fingerprint density at radius 2 is 1.79 bits per heavy atom. The van der Waals surface area contributed by atoms with Gasteiger partial charge in [-0.25, -0.2) is 9.52 Å². The SMILES string of the molecule is CC[C@H]1[C@@H](O)[C@@H]2[C@H](CC[C@]3(C)[C@@H]([C@H](C)CCOC(=O)N4CC(=O)NS4(=O)=O)CC[C@@H]23)[C@@]2(C)CC[C@@H](O)C[C@@H]12. The first-order valence-corrected chi connectivity index (χ1v) is 16.1. The smallest absolute Gasteiger partial charge is 0.425 e. The van der Waals surface area contributed by atoms with Crippen LogP contribution in [0, 0.1) is 52.3 Å². The lowest BCUT2D eigenvalue weighted by Gasteiger charge is -2.64. The minimum atomic E-state index is -4.15. The number of rotatable bonds is 5. The largest absolute Gasteiger partial charge is 0.449 e. The predicted octanol–water partition coefficient (Wildman–Crippen LogP) is 3.45. The van der Waals surface area contributed by atoms with Crippen LogP contribution in [-0.2, 0) is 19.7 Å². The van der Waals surface area contributed by atoms with Crippen LogP contribution < -0.4 is 4.72 Å². The third-order valence-electron chi connectivity index (χ3n) is 12.0. The van der Waals surface area contributed by atoms with E-state index >= 15 is 0 Å². The molecule has 10 heteroatoms. The van der Waals surface area contributed by atoms with Crippen molar-refractivity contribution in [1.82, 2.24) is 9.03 Å². The topological polar surface area (TPSA) is 133 Å². The van der Waals surface area contributed by atoms with Gasteiger partial charge in [0.25, 0.3) is 5.91 Å². The number of carbonyl (C=O) groups is 2. The number of aliphatic hydroxyl groups excluding tert-OH is 2. The Morgan fingerprint density at radius 1 is 1.11 bits per heavy atom. The van der Waals surface area contributed by atoms with E-state index in [2.05, 4.69) is 27.7 Å². The number of hydrogen-bond donors (Lipinski definition) is 3. The Hall–Kier alpha value is -1.39. The Bertz CT molecular complexity index is 1050. The van der Waals surface area contributed by atoms with Crippen LogP contribution in [0.1, 0.15) is 85.5 Å². The molecule has 0 aromatic rings. The van der Waals surface area contributed by atoms with Crippen molar-refractivity contribution >= 4 is 22.2 Å². The fourth-order valence-corrected chi connectivity index (χ4v) is 11.1. The van der Waals surface area contributed by atoms with Gasteiger partial charge >= 0.3 is 16.3 Å². The summed E-state index contributed by atoms with van der Waals surface area (Å²) in [4.78, 5) is 23.7. The summed E-state index contributed by atoms with van der Waals surface area (Å²) in [6.45, 7) is 8.81. The molecule has 0 spiro atoms. The van der Waals surface area contributed by atoms with Crippen LogP contribution in [0.2, 0.25) is 0 Å². The van der Waals surface area contributed by atoms with Gasteiger partial charge in [-0.2, -0.15) is 12.7 Å². The molecule has 0 bridgehead atoms. The second-order valence-corrected chi connectivity index (χ2v) is 15.1. The second-order valence-electron chi connectivity index (χ2n) is 13.5. The highest BCUT2D eigenvalue weighted by atomic mass is 32.2. The van der Waals surface area contributed by atoms with Crippen molar-refractivity contribution in [3.8, 4) is 0 Å². The predicted molar refractivity (Wildman–Crippen MR) is 141 cm³/mol. The van der Waals surface area contributed by atoms with Crippen LogP contribution in [0.5, 0.6) is 0 Å². The van der Waals surface area contributed by atoms with E-state index in [9.17, 15) is 28.2 Å². The molecule has 5 rings (SSSR count). The van der Waals surface area contributed by atoms with Gasteiger partial charge < -0.3 is 14.9 Å². The van der Waals surface area contributed by atoms with Gasteiger partial charge in [0.15, 0.2) is 0 Å². The Kier molecular flexibility index (Phi) is 7.34. The third-order valence-corrected chi connectivity index (χ3v) is 13.3. The molecule has 9 nitrogen and oxygen atoms in total. The molecule has 1 heterocycles. The Morgan fingerprint density at radius 3 is 2.45 bits per heavy atom. The lowest BCUT2D eigenvalue weighted by Crippen LogP contribution is -2.62. The standard InChI is InChI=1S/C28H46N2O7S/c1-5-18-22-14-17(31)8-11-28(22,4)21-9-12-27(3)19(6-7-20(27)24(21)25(18)33)16(2)10-13-37-26(34)30-15-23(32)29-38(30,35)36/h16-22,24-25,31,33H,5-15H2,1-4H3,(H,29,32)/t16-,17-,18-,19-,20+,21+,22+,24+,25-,27-,28-/m1/s1. The van der Waals surface area contributed by atoms with Crippen LogP contribution in [0.3, 0.4) is 0 Å². The molecule has 5 fully saturated rings. The minimum Gasteiger partial charge on any atom is -0.449 e. The van der Waals surface area contributed by atoms with Crippen LogP contribution in [0.4, 0.5) is 4.79 Å². The first-order chi connectivity index (χ1) is 17.8. The van der Waals surface area contributed by atoms with Crippen molar-refractivity contribution in [1.29, 1.82) is 0 Å². The van der Waals surface area contributed by atoms with E-state index in [-0.39, 0.29) is 47.4 Å². The van der Waals surface area contributed by atoms with Crippen molar-refractivity contribution < 1.29 is 33.0 Å². The molecule has 3 N–H and O–H groups in total. The van der Waals surface area contributed by atoms with Gasteiger partial charge in [0.05, 0.1) is 18.8 Å². The summed E-state index contributed by atoms with van der Waals surface area (Å²) in [5.74, 6) is 1.83. The summed E-state index contributed by atoms with van der Waals surface area (Å²) in [6.07, 6.45) is 7.14. The van der Waals surface area contributed by atoms with Crippen molar-refractivity contribution in [2.45, 2.75) is 97.7 Å². The fraction of sp³-hybridized carbons (Fsp3) is 0.929. The van der Waals surface area contributed by atoms with E-state index in [0.717, 1.165) is 51.4 Å². The highest BCUT2D eigenvalue weighted by Gasteiger charge is 2.64. The van der Waals surface area contributed by atoms with Crippen LogP contribution in [-0.4, -0.2) is 60.3 Å². The number of hydrogen-bond acceptors (Lipinski definition) is 7. The summed E-state index contributed by atoms with van der Waals surface area (Å²) >= 11 is 0. The van der Waals surface area contributed by atoms with Crippen molar-refractivity contribution in [3.63, 3.8) is 0 Å². The molecular formula is C28H46N2O7S. The summed E-state index contributed by atoms with van der Waals surface area (Å²) in [6, 6.07) is 0. The summed E-state index contributed by atoms with van der Waals surface area (Å²) < 4.78 is 31.3. The molecule has 4 saturated carbocycles. The van der Waals surface area contributed by atoms with Crippen molar-refractivity contribution in [2.75, 3.05) is 13.2 Å². The zero-order valence-corrected chi connectivity index (χ0v) is 24.1. The average molecular weight is 555 g/mol. The second kappa shape index (κ2) is 9.91. The Balaban J connectivity index is 1.26. The molecule has 1 saturated heterocycles. The number of nitrogens with zero attached hydrogens (tertiary/aromatic N) is 1. The summed E-state index contributed by atoms with van der Waals surface area (Å²) in [5.41, 5.74) is 0.283. The van der Waals surface area contributed by atoms with Crippen LogP contribution in [0.25, 0.3) is 0 Å². The molecule has 0 radical (unpaired) electrons. The fourth-order valence-electron chi connectivity index (χ4n) is 10.1. The lowest BCUT2D eigenvalue weighted by atomic mass is 9.41. The average Bonchev–Trinajstić information content (AvgIpc) is 3.34. The van der Waals surface area contributed by atoms with Crippen LogP contribution >= 0.6 is 0 Å². The maximum absolute atomic E-state index is 12.3. The van der Waals surface area contributed by atoms with Crippen LogP contribution in [0.15, 0.2) is 0 Å². The van der Waals surface area contributed by atoms with Crippen molar-refractivity contribution in [2.24, 2.45) is 52.3 Å².